The number of thioether (sulfide) groups is 1. The minimum atomic E-state index is -0.540. The summed E-state index contributed by atoms with van der Waals surface area (Å²) in [5, 5.41) is 10.7. The number of nitrogens with zero attached hydrogens (tertiary/aromatic N) is 2. The highest BCUT2D eigenvalue weighted by atomic mass is 79.9. The number of nitro groups is 1. The van der Waals surface area contributed by atoms with Crippen LogP contribution in [-0.2, 0) is 17.9 Å². The van der Waals surface area contributed by atoms with Crippen LogP contribution >= 0.6 is 27.7 Å². The summed E-state index contributed by atoms with van der Waals surface area (Å²) in [5.74, 6) is -0.271. The first-order valence-electron chi connectivity index (χ1n) is 9.96. The number of imide groups is 1. The molecule has 1 heterocycles. The lowest BCUT2D eigenvalue weighted by Gasteiger charge is -2.12. The predicted molar refractivity (Wildman–Crippen MR) is 129 cm³/mol. The monoisotopic (exact) mass is 542 g/mol. The Kier molecular flexibility index (Phi) is 7.09. The zero-order valence-electron chi connectivity index (χ0n) is 17.4. The van der Waals surface area contributed by atoms with E-state index in [0.29, 0.717) is 15.8 Å². The molecule has 2 amide bonds. The third-order valence-corrected chi connectivity index (χ3v) is 6.48. The van der Waals surface area contributed by atoms with E-state index in [9.17, 15) is 24.1 Å². The summed E-state index contributed by atoms with van der Waals surface area (Å²) in [6.07, 6.45) is 1.58. The minimum Gasteiger partial charge on any atom is -0.488 e. The number of ether oxygens (including phenoxy) is 1. The molecule has 0 spiro atoms. The molecule has 0 atom stereocenters. The standard InChI is InChI=1S/C24H16BrFN2O5S/c25-19-11-16(7-10-21(19)33-14-15-5-8-18(26)9-6-15)12-22-23(29)27(24(30)34-22)13-17-3-1-2-4-20(17)28(31)32/h1-12H,13-14H2/b22-12-. The molecule has 34 heavy (non-hydrogen) atoms. The van der Waals surface area contributed by atoms with E-state index in [4.69, 9.17) is 4.74 Å². The first-order valence-corrected chi connectivity index (χ1v) is 11.6. The Bertz CT molecular complexity index is 1310. The minimum absolute atomic E-state index is 0.148. The van der Waals surface area contributed by atoms with E-state index < -0.39 is 16.1 Å². The van der Waals surface area contributed by atoms with Crippen LogP contribution < -0.4 is 4.74 Å². The number of benzene rings is 3. The van der Waals surface area contributed by atoms with E-state index in [0.717, 1.165) is 22.2 Å². The van der Waals surface area contributed by atoms with E-state index in [1.54, 1.807) is 42.5 Å². The number of carbonyl (C=O) groups is 2. The number of halogens is 2. The Morgan fingerprint density at radius 1 is 1.09 bits per heavy atom. The summed E-state index contributed by atoms with van der Waals surface area (Å²) in [7, 11) is 0. The van der Waals surface area contributed by atoms with Crippen LogP contribution in [0.4, 0.5) is 14.9 Å². The van der Waals surface area contributed by atoms with E-state index in [-0.39, 0.29) is 35.1 Å². The predicted octanol–water partition coefficient (Wildman–Crippen LogP) is 6.31. The van der Waals surface area contributed by atoms with Crippen molar-refractivity contribution in [1.29, 1.82) is 0 Å². The van der Waals surface area contributed by atoms with Crippen molar-refractivity contribution >= 4 is 50.6 Å². The Morgan fingerprint density at radius 3 is 2.53 bits per heavy atom. The molecule has 0 aromatic heterocycles. The van der Waals surface area contributed by atoms with Gasteiger partial charge in [-0.15, -0.1) is 0 Å². The van der Waals surface area contributed by atoms with E-state index in [2.05, 4.69) is 15.9 Å². The SMILES string of the molecule is O=C1S/C(=C\c2ccc(OCc3ccc(F)cc3)c(Br)c2)C(=O)N1Cc1ccccc1[N+](=O)[O-]. The number of amides is 2. The second-order valence-electron chi connectivity index (χ2n) is 7.26. The molecule has 0 radical (unpaired) electrons. The van der Waals surface area contributed by atoms with Gasteiger partial charge < -0.3 is 4.74 Å². The van der Waals surface area contributed by atoms with Crippen molar-refractivity contribution in [2.45, 2.75) is 13.2 Å². The zero-order valence-corrected chi connectivity index (χ0v) is 19.8. The van der Waals surface area contributed by atoms with Crippen LogP contribution in [0.15, 0.2) is 76.1 Å². The lowest BCUT2D eigenvalue weighted by molar-refractivity contribution is -0.385. The Balaban J connectivity index is 1.47. The number of carbonyl (C=O) groups excluding carboxylic acids is 2. The molecule has 3 aromatic rings. The Morgan fingerprint density at radius 2 is 1.82 bits per heavy atom. The van der Waals surface area contributed by atoms with Crippen LogP contribution in [0.1, 0.15) is 16.7 Å². The van der Waals surface area contributed by atoms with Gasteiger partial charge in [0.25, 0.3) is 16.8 Å². The fraction of sp³-hybridized carbons (Fsp3) is 0.0833. The summed E-state index contributed by atoms with van der Waals surface area (Å²) < 4.78 is 19.4. The van der Waals surface area contributed by atoms with Crippen molar-refractivity contribution in [3.63, 3.8) is 0 Å². The molecule has 3 aromatic carbocycles. The number of para-hydroxylation sites is 1. The first-order chi connectivity index (χ1) is 16.3. The second kappa shape index (κ2) is 10.2. The second-order valence-corrected chi connectivity index (χ2v) is 9.11. The molecular weight excluding hydrogens is 527 g/mol. The molecule has 7 nitrogen and oxygen atoms in total. The summed E-state index contributed by atoms with van der Waals surface area (Å²) >= 11 is 4.22. The number of rotatable bonds is 7. The van der Waals surface area contributed by atoms with Crippen molar-refractivity contribution < 1.29 is 23.6 Å². The van der Waals surface area contributed by atoms with E-state index in [1.165, 1.54) is 30.3 Å². The number of nitro benzene ring substituents is 1. The molecule has 0 saturated carbocycles. The largest absolute Gasteiger partial charge is 0.488 e. The quantitative estimate of drug-likeness (QED) is 0.197. The molecule has 0 bridgehead atoms. The average Bonchev–Trinajstić information content (AvgIpc) is 3.07. The number of hydrogen-bond acceptors (Lipinski definition) is 6. The fourth-order valence-corrected chi connectivity index (χ4v) is 4.60. The maximum absolute atomic E-state index is 13.0. The summed E-state index contributed by atoms with van der Waals surface area (Å²) in [4.78, 5) is 37.2. The third kappa shape index (κ3) is 5.35. The van der Waals surface area contributed by atoms with Crippen molar-refractivity contribution in [2.75, 3.05) is 0 Å². The molecule has 1 fully saturated rings. The van der Waals surface area contributed by atoms with Gasteiger partial charge in [0, 0.05) is 11.6 Å². The highest BCUT2D eigenvalue weighted by Crippen LogP contribution is 2.35. The summed E-state index contributed by atoms with van der Waals surface area (Å²) in [6, 6.07) is 17.2. The van der Waals surface area contributed by atoms with Crippen molar-refractivity contribution in [3.8, 4) is 5.75 Å². The van der Waals surface area contributed by atoms with E-state index >= 15 is 0 Å². The zero-order chi connectivity index (χ0) is 24.2. The molecule has 4 rings (SSSR count). The van der Waals surface area contributed by atoms with Gasteiger partial charge in [-0.25, -0.2) is 4.39 Å². The Hall–Kier alpha value is -3.50. The van der Waals surface area contributed by atoms with Gasteiger partial charge in [0.1, 0.15) is 18.2 Å². The van der Waals surface area contributed by atoms with Gasteiger partial charge in [0.15, 0.2) is 0 Å². The molecule has 172 valence electrons. The van der Waals surface area contributed by atoms with Gasteiger partial charge >= 0.3 is 0 Å². The highest BCUT2D eigenvalue weighted by molar-refractivity contribution is 9.10. The maximum atomic E-state index is 13.0. The van der Waals surface area contributed by atoms with Crippen LogP contribution in [0.25, 0.3) is 6.08 Å². The number of hydrogen-bond donors (Lipinski definition) is 0. The van der Waals surface area contributed by atoms with Gasteiger partial charge in [-0.05, 0) is 69.2 Å². The van der Waals surface area contributed by atoms with Crippen LogP contribution in [0, 0.1) is 15.9 Å². The van der Waals surface area contributed by atoms with Gasteiger partial charge in [-0.1, -0.05) is 36.4 Å². The Labute approximate surface area is 206 Å². The highest BCUT2D eigenvalue weighted by Gasteiger charge is 2.36. The van der Waals surface area contributed by atoms with Gasteiger partial charge in [0.05, 0.1) is 20.8 Å². The van der Waals surface area contributed by atoms with Crippen molar-refractivity contribution in [3.05, 3.63) is 109 Å². The normalized spacial score (nSPS) is 14.6. The van der Waals surface area contributed by atoms with Crippen molar-refractivity contribution in [2.24, 2.45) is 0 Å². The molecule has 10 heteroatoms. The lowest BCUT2D eigenvalue weighted by Crippen LogP contribution is -2.27. The molecule has 1 aliphatic heterocycles. The molecule has 1 saturated heterocycles. The molecule has 0 aliphatic carbocycles. The van der Waals surface area contributed by atoms with Crippen LogP contribution in [-0.4, -0.2) is 21.0 Å². The van der Waals surface area contributed by atoms with Gasteiger partial charge in [-0.3, -0.25) is 24.6 Å². The van der Waals surface area contributed by atoms with Crippen LogP contribution in [0.2, 0.25) is 0 Å². The van der Waals surface area contributed by atoms with Crippen molar-refractivity contribution in [1.82, 2.24) is 4.90 Å². The average molecular weight is 543 g/mol. The van der Waals surface area contributed by atoms with E-state index in [1.807, 2.05) is 0 Å². The van der Waals surface area contributed by atoms with Crippen LogP contribution in [0.3, 0.4) is 0 Å². The smallest absolute Gasteiger partial charge is 0.293 e. The third-order valence-electron chi connectivity index (χ3n) is 4.95. The lowest BCUT2D eigenvalue weighted by atomic mass is 10.1. The fourth-order valence-electron chi connectivity index (χ4n) is 3.25. The topological polar surface area (TPSA) is 89.8 Å². The summed E-state index contributed by atoms with van der Waals surface area (Å²) in [6.45, 7) is 0.0712. The first kappa shape index (κ1) is 23.7. The summed E-state index contributed by atoms with van der Waals surface area (Å²) in [5.41, 5.74) is 1.61. The van der Waals surface area contributed by atoms with Crippen LogP contribution in [0.5, 0.6) is 5.75 Å². The van der Waals surface area contributed by atoms with Gasteiger partial charge in [-0.2, -0.15) is 0 Å². The maximum Gasteiger partial charge on any atom is 0.293 e. The van der Waals surface area contributed by atoms with Gasteiger partial charge in [0.2, 0.25) is 0 Å². The molecule has 1 aliphatic rings. The molecular formula is C24H16BrFN2O5S. The molecule has 0 N–H and O–H groups in total. The molecule has 0 unspecified atom stereocenters.